The first-order valence-corrected chi connectivity index (χ1v) is 4.45. The van der Waals surface area contributed by atoms with Gasteiger partial charge in [-0.3, -0.25) is 4.74 Å². The lowest BCUT2D eigenvalue weighted by atomic mass is 10.2. The molecule has 2 heteroatoms. The Hall–Kier alpha value is -0.810. The third-order valence-electron chi connectivity index (χ3n) is 1.51. The second-order valence-corrected chi connectivity index (χ2v) is 3.14. The predicted molar refractivity (Wildman–Crippen MR) is 47.3 cm³/mol. The highest BCUT2D eigenvalue weighted by Gasteiger charge is 1.95. The van der Waals surface area contributed by atoms with Crippen molar-refractivity contribution in [3.63, 3.8) is 0 Å². The fourth-order valence-corrected chi connectivity index (χ4v) is 1.79. The van der Waals surface area contributed by atoms with Gasteiger partial charge in [0.25, 0.3) is 0 Å². The zero-order valence-electron chi connectivity index (χ0n) is 5.49. The van der Waals surface area contributed by atoms with E-state index in [1.54, 1.807) is 0 Å². The Morgan fingerprint density at radius 2 is 2.10 bits per heavy atom. The normalized spacial score (nSPS) is 16.4. The van der Waals surface area contributed by atoms with Crippen LogP contribution in [0.25, 0.3) is 6.08 Å². The minimum Gasteiger partial charge on any atom is -0.269 e. The van der Waals surface area contributed by atoms with Gasteiger partial charge in [-0.15, -0.1) is 0 Å². The van der Waals surface area contributed by atoms with E-state index in [-0.39, 0.29) is 8.37 Å². The molecule has 1 unspecified atom stereocenters. The van der Waals surface area contributed by atoms with Crippen molar-refractivity contribution >= 4 is 20.1 Å². The maximum atomic E-state index is 4.39. The first-order valence-electron chi connectivity index (χ1n) is 3.26. The topological polar surface area (TPSA) is 12.4 Å². The van der Waals surface area contributed by atoms with Gasteiger partial charge in [-0.05, 0) is 20.3 Å². The first kappa shape index (κ1) is 5.94. The summed E-state index contributed by atoms with van der Waals surface area (Å²) in [6.07, 6.45) is 2.15. The molecule has 0 fully saturated rings. The molecule has 50 valence electrons. The molecule has 0 aromatic heterocycles. The van der Waals surface area contributed by atoms with E-state index in [1.807, 2.05) is 12.1 Å². The Morgan fingerprint density at radius 3 is 3.00 bits per heavy atom. The zero-order chi connectivity index (χ0) is 6.81. The second kappa shape index (κ2) is 2.43. The Balaban J connectivity index is 2.65. The average Bonchev–Trinajstić information content (AvgIpc) is 2.05. The Labute approximate surface area is 61.3 Å². The molecule has 1 aromatic carbocycles. The van der Waals surface area contributed by atoms with Crippen LogP contribution in [0.3, 0.4) is 0 Å². The summed E-state index contributed by atoms with van der Waals surface area (Å²) in [5, 5.41) is 0. The van der Waals surface area contributed by atoms with Gasteiger partial charge in [-0.1, -0.05) is 24.3 Å². The van der Waals surface area contributed by atoms with Gasteiger partial charge < -0.3 is 0 Å². The minimum absolute atomic E-state index is 0.179. The smallest absolute Gasteiger partial charge is 0.0683 e. The van der Waals surface area contributed by atoms with Gasteiger partial charge in [0.1, 0.15) is 0 Å². The number of nitrogens with zero attached hydrogens (tertiary/aromatic N) is 1. The molecule has 10 heavy (non-hydrogen) atoms. The van der Waals surface area contributed by atoms with Gasteiger partial charge in [0.05, 0.1) is 5.69 Å². The van der Waals surface area contributed by atoms with Crippen LogP contribution in [0.4, 0.5) is 5.69 Å². The highest BCUT2D eigenvalue weighted by molar-refractivity contribution is 7.31. The van der Waals surface area contributed by atoms with E-state index in [4.69, 9.17) is 0 Å². The number of fused-ring (bicyclic) bond motifs is 1. The van der Waals surface area contributed by atoms with E-state index < -0.39 is 0 Å². The lowest BCUT2D eigenvalue weighted by Crippen LogP contribution is -1.72. The lowest BCUT2D eigenvalue weighted by molar-refractivity contribution is 1.53. The van der Waals surface area contributed by atoms with E-state index >= 15 is 0 Å². The Morgan fingerprint density at radius 1 is 1.20 bits per heavy atom. The van der Waals surface area contributed by atoms with Crippen LogP contribution in [-0.4, -0.2) is 0 Å². The number of rotatable bonds is 0. The summed E-state index contributed by atoms with van der Waals surface area (Å²) in [5.41, 5.74) is 2.40. The van der Waals surface area contributed by atoms with Crippen molar-refractivity contribution < 1.29 is 0 Å². The van der Waals surface area contributed by atoms with E-state index in [2.05, 4.69) is 28.8 Å². The van der Waals surface area contributed by atoms with Gasteiger partial charge in [0.2, 0.25) is 0 Å². The van der Waals surface area contributed by atoms with Crippen LogP contribution in [0.2, 0.25) is 0 Å². The summed E-state index contributed by atoms with van der Waals surface area (Å²) in [4.78, 5) is 0. The van der Waals surface area contributed by atoms with Crippen LogP contribution in [-0.2, 0) is 0 Å². The third-order valence-corrected chi connectivity index (χ3v) is 2.30. The molecule has 1 atom stereocenters. The standard InChI is InChI=1S/C8H8NP/c1-2-4-8-7(3-1)5-6-10-9-8/h1-6H,10H2. The molecule has 1 nitrogen and oxygen atoms in total. The molecule has 2 rings (SSSR count). The summed E-state index contributed by atoms with van der Waals surface area (Å²) in [5.74, 6) is 2.16. The van der Waals surface area contributed by atoms with Crippen LogP contribution >= 0.6 is 8.37 Å². The summed E-state index contributed by atoms with van der Waals surface area (Å²) in [6, 6.07) is 8.22. The van der Waals surface area contributed by atoms with Gasteiger partial charge in [-0.2, -0.15) is 0 Å². The molecule has 0 aliphatic carbocycles. The quantitative estimate of drug-likeness (QED) is 0.503. The molecular formula is C8H8NP. The van der Waals surface area contributed by atoms with Crippen molar-refractivity contribution in [3.8, 4) is 0 Å². The first-order chi connectivity index (χ1) is 4.97. The maximum Gasteiger partial charge on any atom is 0.0683 e. The molecule has 1 aliphatic rings. The zero-order valence-corrected chi connectivity index (χ0v) is 6.64. The van der Waals surface area contributed by atoms with Gasteiger partial charge in [0, 0.05) is 5.56 Å². The van der Waals surface area contributed by atoms with Crippen LogP contribution in [0.5, 0.6) is 0 Å². The monoisotopic (exact) mass is 149 g/mol. The molecule has 1 aliphatic heterocycles. The number of hydrogen-bond acceptors (Lipinski definition) is 1. The maximum absolute atomic E-state index is 4.39. The largest absolute Gasteiger partial charge is 0.269 e. The number of benzene rings is 1. The fraction of sp³-hybridized carbons (Fsp3) is 0. The summed E-state index contributed by atoms with van der Waals surface area (Å²) in [7, 11) is 0.179. The highest BCUT2D eigenvalue weighted by Crippen LogP contribution is 2.28. The fourth-order valence-electron chi connectivity index (χ4n) is 1.02. The minimum atomic E-state index is 0.179. The van der Waals surface area contributed by atoms with E-state index in [0.717, 1.165) is 5.69 Å². The summed E-state index contributed by atoms with van der Waals surface area (Å²) < 4.78 is 4.39. The van der Waals surface area contributed by atoms with Gasteiger partial charge in [-0.25, -0.2) is 0 Å². The molecule has 0 N–H and O–H groups in total. The van der Waals surface area contributed by atoms with Crippen molar-refractivity contribution in [1.29, 1.82) is 0 Å². The van der Waals surface area contributed by atoms with E-state index in [9.17, 15) is 0 Å². The van der Waals surface area contributed by atoms with Gasteiger partial charge >= 0.3 is 0 Å². The number of hydrogen-bond donors (Lipinski definition) is 0. The molecule has 0 amide bonds. The van der Waals surface area contributed by atoms with Crippen molar-refractivity contribution in [2.24, 2.45) is 4.74 Å². The van der Waals surface area contributed by atoms with Crippen LogP contribution in [0, 0.1) is 0 Å². The molecule has 0 saturated carbocycles. The predicted octanol–water partition coefficient (Wildman–Crippen LogP) is 2.90. The third kappa shape index (κ3) is 0.932. The average molecular weight is 149 g/mol. The van der Waals surface area contributed by atoms with Crippen LogP contribution in [0.15, 0.2) is 34.8 Å². The summed E-state index contributed by atoms with van der Waals surface area (Å²) >= 11 is 0. The van der Waals surface area contributed by atoms with Crippen molar-refractivity contribution in [2.75, 3.05) is 0 Å². The molecule has 0 saturated heterocycles. The van der Waals surface area contributed by atoms with E-state index in [0.29, 0.717) is 0 Å². The molecule has 0 radical (unpaired) electrons. The van der Waals surface area contributed by atoms with Crippen molar-refractivity contribution in [2.45, 2.75) is 0 Å². The lowest BCUT2D eigenvalue weighted by Gasteiger charge is -2.01. The molecule has 0 bridgehead atoms. The van der Waals surface area contributed by atoms with Crippen molar-refractivity contribution in [1.82, 2.24) is 0 Å². The van der Waals surface area contributed by atoms with Crippen LogP contribution < -0.4 is 0 Å². The van der Waals surface area contributed by atoms with Crippen LogP contribution in [0.1, 0.15) is 5.56 Å². The molecule has 1 heterocycles. The van der Waals surface area contributed by atoms with Gasteiger partial charge in [0.15, 0.2) is 0 Å². The second-order valence-electron chi connectivity index (χ2n) is 2.20. The van der Waals surface area contributed by atoms with Crippen molar-refractivity contribution in [3.05, 3.63) is 35.6 Å². The van der Waals surface area contributed by atoms with E-state index in [1.165, 1.54) is 5.56 Å². The Kier molecular flexibility index (Phi) is 1.44. The molecular weight excluding hydrogens is 141 g/mol. The highest BCUT2D eigenvalue weighted by atomic mass is 31.1. The molecule has 1 aromatic rings. The Bertz CT molecular complexity index is 271. The SMILES string of the molecule is C1=Cc2ccccc2N=[PH2]1. The molecule has 0 spiro atoms. The summed E-state index contributed by atoms with van der Waals surface area (Å²) in [6.45, 7) is 0.